The second kappa shape index (κ2) is 6.55. The third-order valence-corrected chi connectivity index (χ3v) is 5.44. The first-order valence-electron chi connectivity index (χ1n) is 8.60. The molecule has 128 valence electrons. The molecule has 0 aromatic carbocycles. The molecule has 2 aromatic rings. The van der Waals surface area contributed by atoms with Gasteiger partial charge in [-0.05, 0) is 38.5 Å². The van der Waals surface area contributed by atoms with Gasteiger partial charge in [0, 0.05) is 37.1 Å². The van der Waals surface area contributed by atoms with E-state index >= 15 is 0 Å². The highest BCUT2D eigenvalue weighted by atomic mass is 32.1. The quantitative estimate of drug-likeness (QED) is 0.901. The lowest BCUT2D eigenvalue weighted by Gasteiger charge is -2.31. The molecule has 7 heteroatoms. The van der Waals surface area contributed by atoms with Gasteiger partial charge in [0.05, 0.1) is 5.69 Å². The van der Waals surface area contributed by atoms with Crippen LogP contribution in [-0.4, -0.2) is 39.9 Å². The predicted octanol–water partition coefficient (Wildman–Crippen LogP) is 3.11. The summed E-state index contributed by atoms with van der Waals surface area (Å²) in [6, 6.07) is 0.376. The second-order valence-corrected chi connectivity index (χ2v) is 7.61. The lowest BCUT2D eigenvalue weighted by molar-refractivity contribution is 0.0683. The Morgan fingerprint density at radius 1 is 1.38 bits per heavy atom. The van der Waals surface area contributed by atoms with Crippen LogP contribution in [0.4, 0.5) is 5.13 Å². The Hall–Kier alpha value is -1.89. The topological polar surface area (TPSA) is 71.3 Å². The van der Waals surface area contributed by atoms with Crippen LogP contribution in [-0.2, 0) is 6.42 Å². The molecule has 0 spiro atoms. The van der Waals surface area contributed by atoms with E-state index in [0.717, 1.165) is 49.1 Å². The number of anilines is 1. The maximum absolute atomic E-state index is 12.7. The average Bonchev–Trinajstić information content (AvgIpc) is 3.10. The van der Waals surface area contributed by atoms with Crippen molar-refractivity contribution in [2.75, 3.05) is 18.4 Å². The van der Waals surface area contributed by atoms with Gasteiger partial charge in [0.2, 0.25) is 5.76 Å². The van der Waals surface area contributed by atoms with Crippen LogP contribution in [0.25, 0.3) is 0 Å². The first-order chi connectivity index (χ1) is 11.7. The maximum atomic E-state index is 12.7. The number of nitrogens with zero attached hydrogens (tertiary/aromatic N) is 3. The Balaban J connectivity index is 1.34. The Morgan fingerprint density at radius 3 is 2.83 bits per heavy atom. The minimum Gasteiger partial charge on any atom is -0.435 e. The summed E-state index contributed by atoms with van der Waals surface area (Å²) in [5.74, 6) is 1.84. The predicted molar refractivity (Wildman–Crippen MR) is 92.3 cm³/mol. The molecule has 0 bridgehead atoms. The van der Waals surface area contributed by atoms with Crippen molar-refractivity contribution in [3.63, 3.8) is 0 Å². The van der Waals surface area contributed by atoms with Crippen molar-refractivity contribution in [2.24, 2.45) is 5.92 Å². The fourth-order valence-corrected chi connectivity index (χ4v) is 3.75. The molecule has 2 fully saturated rings. The summed E-state index contributed by atoms with van der Waals surface area (Å²) < 4.78 is 5.77. The van der Waals surface area contributed by atoms with Gasteiger partial charge in [-0.2, -0.15) is 0 Å². The lowest BCUT2D eigenvalue weighted by Crippen LogP contribution is -2.42. The van der Waals surface area contributed by atoms with Gasteiger partial charge < -0.3 is 14.6 Å². The zero-order chi connectivity index (χ0) is 16.5. The highest BCUT2D eigenvalue weighted by Crippen LogP contribution is 2.33. The molecule has 2 aromatic heterocycles. The second-order valence-electron chi connectivity index (χ2n) is 6.72. The summed E-state index contributed by atoms with van der Waals surface area (Å²) in [4.78, 5) is 23.3. The molecule has 3 heterocycles. The van der Waals surface area contributed by atoms with E-state index < -0.39 is 0 Å². The number of nitrogens with one attached hydrogen (secondary N) is 1. The number of carbonyl (C=O) groups is 1. The molecule has 2 aliphatic rings. The van der Waals surface area contributed by atoms with Gasteiger partial charge in [0.1, 0.15) is 0 Å². The van der Waals surface area contributed by atoms with Gasteiger partial charge in [-0.15, -0.1) is 11.3 Å². The fraction of sp³-hybridized carbons (Fsp3) is 0.588. The van der Waals surface area contributed by atoms with Gasteiger partial charge in [0.15, 0.2) is 11.0 Å². The monoisotopic (exact) mass is 346 g/mol. The molecule has 1 N–H and O–H groups in total. The van der Waals surface area contributed by atoms with Crippen LogP contribution >= 0.6 is 11.3 Å². The van der Waals surface area contributed by atoms with Gasteiger partial charge in [-0.3, -0.25) is 4.79 Å². The van der Waals surface area contributed by atoms with Crippen LogP contribution < -0.4 is 5.32 Å². The van der Waals surface area contributed by atoms with Crippen LogP contribution in [0.5, 0.6) is 0 Å². The Morgan fingerprint density at radius 2 is 2.17 bits per heavy atom. The summed E-state index contributed by atoms with van der Waals surface area (Å²) in [6.07, 6.45) is 7.03. The molecule has 4 rings (SSSR count). The number of piperidine rings is 1. The number of carbonyl (C=O) groups excluding carboxylic acids is 1. The summed E-state index contributed by atoms with van der Waals surface area (Å²) in [7, 11) is 0. The molecule has 1 amide bonds. The zero-order valence-electron chi connectivity index (χ0n) is 13.8. The van der Waals surface area contributed by atoms with Gasteiger partial charge in [-0.25, -0.2) is 9.97 Å². The van der Waals surface area contributed by atoms with Crippen LogP contribution in [0, 0.1) is 12.8 Å². The largest absolute Gasteiger partial charge is 0.435 e. The third-order valence-electron chi connectivity index (χ3n) is 4.74. The van der Waals surface area contributed by atoms with Crippen LogP contribution in [0.15, 0.2) is 16.0 Å². The number of likely N-dealkylation sites (tertiary alicyclic amines) is 1. The number of thiazole rings is 1. The van der Waals surface area contributed by atoms with Crippen molar-refractivity contribution in [1.29, 1.82) is 0 Å². The highest BCUT2D eigenvalue weighted by molar-refractivity contribution is 7.13. The molecule has 1 aliphatic heterocycles. The van der Waals surface area contributed by atoms with E-state index in [9.17, 15) is 4.79 Å². The zero-order valence-corrected chi connectivity index (χ0v) is 14.6. The van der Waals surface area contributed by atoms with Crippen molar-refractivity contribution in [3.05, 3.63) is 28.9 Å². The van der Waals surface area contributed by atoms with E-state index in [1.807, 2.05) is 17.2 Å². The summed E-state index contributed by atoms with van der Waals surface area (Å²) >= 11 is 1.61. The molecule has 0 radical (unpaired) electrons. The Kier molecular flexibility index (Phi) is 4.26. The van der Waals surface area contributed by atoms with E-state index in [1.165, 1.54) is 12.8 Å². The number of aromatic nitrogens is 2. The van der Waals surface area contributed by atoms with Crippen molar-refractivity contribution in [1.82, 2.24) is 14.9 Å². The summed E-state index contributed by atoms with van der Waals surface area (Å²) in [6.45, 7) is 3.34. The molecule has 1 saturated carbocycles. The third kappa shape index (κ3) is 3.45. The van der Waals surface area contributed by atoms with Crippen LogP contribution in [0.2, 0.25) is 0 Å². The lowest BCUT2D eigenvalue weighted by atomic mass is 10.0. The van der Waals surface area contributed by atoms with E-state index in [4.69, 9.17) is 4.42 Å². The smallest absolute Gasteiger partial charge is 0.291 e. The first kappa shape index (κ1) is 15.6. The molecule has 1 saturated heterocycles. The molecule has 24 heavy (non-hydrogen) atoms. The fourth-order valence-electron chi connectivity index (χ4n) is 3.15. The average molecular weight is 346 g/mol. The molecule has 1 aliphatic carbocycles. The normalized spacial score (nSPS) is 18.8. The number of hydrogen-bond donors (Lipinski definition) is 1. The summed E-state index contributed by atoms with van der Waals surface area (Å²) in [5.41, 5.74) is 0.721. The van der Waals surface area contributed by atoms with Crippen molar-refractivity contribution in [2.45, 2.75) is 45.1 Å². The SMILES string of the molecule is Cc1nc(CC2CC2)oc1C(=O)N1CCC(Nc2nccs2)CC1. The van der Waals surface area contributed by atoms with Crippen LogP contribution in [0.3, 0.4) is 0 Å². The van der Waals surface area contributed by atoms with Gasteiger partial charge in [0.25, 0.3) is 5.91 Å². The first-order valence-corrected chi connectivity index (χ1v) is 9.48. The van der Waals surface area contributed by atoms with Crippen molar-refractivity contribution in [3.8, 4) is 0 Å². The number of rotatable bonds is 5. The molecule has 0 atom stereocenters. The number of oxazole rings is 1. The van der Waals surface area contributed by atoms with E-state index in [2.05, 4.69) is 15.3 Å². The van der Waals surface area contributed by atoms with Gasteiger partial charge >= 0.3 is 0 Å². The molecule has 0 unspecified atom stereocenters. The van der Waals surface area contributed by atoms with Crippen molar-refractivity contribution < 1.29 is 9.21 Å². The number of hydrogen-bond acceptors (Lipinski definition) is 6. The van der Waals surface area contributed by atoms with Crippen molar-refractivity contribution >= 4 is 22.4 Å². The van der Waals surface area contributed by atoms with Gasteiger partial charge in [-0.1, -0.05) is 0 Å². The standard InChI is InChI=1S/C17H22N4O2S/c1-11-15(23-14(19-11)10-12-2-3-12)16(22)21-7-4-13(5-8-21)20-17-18-6-9-24-17/h6,9,12-13H,2-5,7-8,10H2,1H3,(H,18,20). The molecular weight excluding hydrogens is 324 g/mol. The van der Waals surface area contributed by atoms with E-state index in [-0.39, 0.29) is 5.91 Å². The highest BCUT2D eigenvalue weighted by Gasteiger charge is 2.29. The minimum atomic E-state index is -0.0188. The minimum absolute atomic E-state index is 0.0188. The molecular formula is C17H22N4O2S. The number of aryl methyl sites for hydroxylation is 1. The molecule has 6 nitrogen and oxygen atoms in total. The Labute approximate surface area is 145 Å². The Bertz CT molecular complexity index is 700. The van der Waals surface area contributed by atoms with E-state index in [0.29, 0.717) is 17.7 Å². The van der Waals surface area contributed by atoms with E-state index in [1.54, 1.807) is 17.5 Å². The summed E-state index contributed by atoms with van der Waals surface area (Å²) in [5, 5.41) is 6.36. The van der Waals surface area contributed by atoms with Crippen LogP contribution in [0.1, 0.15) is 47.8 Å². The maximum Gasteiger partial charge on any atom is 0.291 e. The number of amides is 1.